The zero-order valence-corrected chi connectivity index (χ0v) is 19.5. The maximum Gasteiger partial charge on any atom is 0.262 e. The predicted molar refractivity (Wildman–Crippen MR) is 129 cm³/mol. The largest absolute Gasteiger partial charge is 0.484 e. The van der Waals surface area contributed by atoms with Crippen molar-refractivity contribution in [3.8, 4) is 5.75 Å². The van der Waals surface area contributed by atoms with Crippen molar-refractivity contribution >= 4 is 27.4 Å². The van der Waals surface area contributed by atoms with Crippen LogP contribution in [0.4, 0.5) is 5.69 Å². The van der Waals surface area contributed by atoms with Gasteiger partial charge in [0.05, 0.1) is 4.90 Å². The minimum Gasteiger partial charge on any atom is -0.484 e. The van der Waals surface area contributed by atoms with E-state index in [1.54, 1.807) is 48.5 Å². The number of piperidine rings is 1. The first-order valence-corrected chi connectivity index (χ1v) is 12.6. The number of ether oxygens (including phenoxy) is 1. The van der Waals surface area contributed by atoms with Crippen LogP contribution < -0.4 is 10.1 Å². The SMILES string of the molecule is O=C(COc1ccc(C(=O)c2ccccc2)cc1)Nc1ccc(S(=O)(=O)N2CCCCC2)cc1. The molecule has 1 aliphatic heterocycles. The number of hydrogen-bond acceptors (Lipinski definition) is 5. The Morgan fingerprint density at radius 3 is 2.06 bits per heavy atom. The fourth-order valence-corrected chi connectivity index (χ4v) is 5.29. The van der Waals surface area contributed by atoms with E-state index < -0.39 is 10.0 Å². The molecule has 0 radical (unpaired) electrons. The minimum atomic E-state index is -3.51. The Hall–Kier alpha value is -3.49. The summed E-state index contributed by atoms with van der Waals surface area (Å²) >= 11 is 0. The Bertz CT molecular complexity index is 1230. The first kappa shape index (κ1) is 23.7. The molecule has 8 heteroatoms. The topological polar surface area (TPSA) is 92.8 Å². The number of amides is 1. The minimum absolute atomic E-state index is 0.0874. The Labute approximate surface area is 199 Å². The Kier molecular flexibility index (Phi) is 7.40. The predicted octanol–water partition coefficient (Wildman–Crippen LogP) is 4.11. The molecule has 7 nitrogen and oxygen atoms in total. The molecule has 0 saturated carbocycles. The van der Waals surface area contributed by atoms with Gasteiger partial charge in [0.25, 0.3) is 5.91 Å². The van der Waals surface area contributed by atoms with Crippen LogP contribution in [0, 0.1) is 0 Å². The molecule has 0 unspecified atom stereocenters. The van der Waals surface area contributed by atoms with E-state index in [4.69, 9.17) is 4.74 Å². The standard InChI is InChI=1S/C26H26N2O5S/c29-25(19-33-23-13-9-21(10-14-23)26(30)20-7-3-1-4-8-20)27-22-11-15-24(16-12-22)34(31,32)28-17-5-2-6-18-28/h1,3-4,7-16H,2,5-6,17-19H2,(H,27,29). The molecular weight excluding hydrogens is 452 g/mol. The van der Waals surface area contributed by atoms with Gasteiger partial charge in [0.15, 0.2) is 12.4 Å². The quantitative estimate of drug-likeness (QED) is 0.492. The third kappa shape index (κ3) is 5.70. The molecule has 1 amide bonds. The normalized spacial score (nSPS) is 14.4. The lowest BCUT2D eigenvalue weighted by molar-refractivity contribution is -0.118. The molecule has 3 aromatic rings. The average Bonchev–Trinajstić information content (AvgIpc) is 2.89. The molecule has 176 valence electrons. The lowest BCUT2D eigenvalue weighted by Gasteiger charge is -2.25. The molecule has 1 saturated heterocycles. The summed E-state index contributed by atoms with van der Waals surface area (Å²) < 4.78 is 32.5. The van der Waals surface area contributed by atoms with E-state index >= 15 is 0 Å². The summed E-state index contributed by atoms with van der Waals surface area (Å²) in [6, 6.07) is 21.7. The highest BCUT2D eigenvalue weighted by Gasteiger charge is 2.25. The molecule has 0 bridgehead atoms. The Morgan fingerprint density at radius 1 is 0.794 bits per heavy atom. The van der Waals surface area contributed by atoms with Gasteiger partial charge in [0.2, 0.25) is 10.0 Å². The molecular formula is C26H26N2O5S. The van der Waals surface area contributed by atoms with Crippen LogP contribution in [0.2, 0.25) is 0 Å². The molecule has 1 fully saturated rings. The first-order valence-electron chi connectivity index (χ1n) is 11.2. The molecule has 0 aromatic heterocycles. The van der Waals surface area contributed by atoms with Crippen LogP contribution >= 0.6 is 0 Å². The van der Waals surface area contributed by atoms with Crippen molar-refractivity contribution in [2.24, 2.45) is 0 Å². The van der Waals surface area contributed by atoms with Crippen LogP contribution in [-0.4, -0.2) is 44.1 Å². The number of hydrogen-bond donors (Lipinski definition) is 1. The van der Waals surface area contributed by atoms with E-state index in [1.807, 2.05) is 18.2 Å². The lowest BCUT2D eigenvalue weighted by Crippen LogP contribution is -2.35. The van der Waals surface area contributed by atoms with Gasteiger partial charge in [-0.2, -0.15) is 4.31 Å². The molecule has 1 aliphatic rings. The zero-order valence-electron chi connectivity index (χ0n) is 18.6. The van der Waals surface area contributed by atoms with E-state index in [0.29, 0.717) is 35.7 Å². The maximum absolute atomic E-state index is 12.7. The van der Waals surface area contributed by atoms with E-state index in [9.17, 15) is 18.0 Å². The fourth-order valence-electron chi connectivity index (χ4n) is 3.77. The molecule has 0 aliphatic carbocycles. The number of nitrogens with zero attached hydrogens (tertiary/aromatic N) is 1. The van der Waals surface area contributed by atoms with Gasteiger partial charge in [-0.15, -0.1) is 0 Å². The summed E-state index contributed by atoms with van der Waals surface area (Å²) in [4.78, 5) is 24.9. The van der Waals surface area contributed by atoms with Gasteiger partial charge in [-0.3, -0.25) is 9.59 Å². The van der Waals surface area contributed by atoms with E-state index in [0.717, 1.165) is 19.3 Å². The average molecular weight is 479 g/mol. The summed E-state index contributed by atoms with van der Waals surface area (Å²) in [7, 11) is -3.51. The molecule has 4 rings (SSSR count). The summed E-state index contributed by atoms with van der Waals surface area (Å²) in [6.07, 6.45) is 2.80. The lowest BCUT2D eigenvalue weighted by atomic mass is 10.0. The number of carbonyl (C=O) groups excluding carboxylic acids is 2. The maximum atomic E-state index is 12.7. The summed E-state index contributed by atoms with van der Waals surface area (Å²) in [5.41, 5.74) is 1.61. The number of sulfonamides is 1. The second-order valence-electron chi connectivity index (χ2n) is 8.05. The highest BCUT2D eigenvalue weighted by Crippen LogP contribution is 2.22. The van der Waals surface area contributed by atoms with Gasteiger partial charge in [-0.1, -0.05) is 36.8 Å². The number of rotatable bonds is 8. The van der Waals surface area contributed by atoms with Crippen molar-refractivity contribution in [3.05, 3.63) is 90.0 Å². The Morgan fingerprint density at radius 2 is 1.41 bits per heavy atom. The molecule has 34 heavy (non-hydrogen) atoms. The van der Waals surface area contributed by atoms with Crippen molar-refractivity contribution in [2.45, 2.75) is 24.2 Å². The summed E-state index contributed by atoms with van der Waals surface area (Å²) in [5, 5.41) is 2.70. The van der Waals surface area contributed by atoms with Gasteiger partial charge >= 0.3 is 0 Å². The first-order chi connectivity index (χ1) is 16.4. The van der Waals surface area contributed by atoms with Crippen molar-refractivity contribution in [1.29, 1.82) is 0 Å². The van der Waals surface area contributed by atoms with Crippen molar-refractivity contribution in [2.75, 3.05) is 25.0 Å². The third-order valence-electron chi connectivity index (χ3n) is 5.61. The molecule has 0 spiro atoms. The van der Waals surface area contributed by atoms with Gasteiger partial charge in [0.1, 0.15) is 5.75 Å². The smallest absolute Gasteiger partial charge is 0.262 e. The van der Waals surface area contributed by atoms with Crippen molar-refractivity contribution in [1.82, 2.24) is 4.31 Å². The van der Waals surface area contributed by atoms with Crippen LogP contribution in [0.3, 0.4) is 0 Å². The number of anilines is 1. The third-order valence-corrected chi connectivity index (χ3v) is 7.53. The second kappa shape index (κ2) is 10.6. The van der Waals surface area contributed by atoms with Crippen LogP contribution in [0.1, 0.15) is 35.2 Å². The number of ketones is 1. The number of benzene rings is 3. The van der Waals surface area contributed by atoms with Crippen molar-refractivity contribution < 1.29 is 22.7 Å². The van der Waals surface area contributed by atoms with Gasteiger partial charge in [-0.05, 0) is 61.4 Å². The monoisotopic (exact) mass is 478 g/mol. The van der Waals surface area contributed by atoms with Crippen molar-refractivity contribution in [3.63, 3.8) is 0 Å². The zero-order chi connectivity index (χ0) is 24.0. The molecule has 0 atom stereocenters. The molecule has 1 heterocycles. The number of nitrogens with one attached hydrogen (secondary N) is 1. The number of carbonyl (C=O) groups is 2. The Balaban J connectivity index is 1.29. The fraction of sp³-hybridized carbons (Fsp3) is 0.231. The van der Waals surface area contributed by atoms with Gasteiger partial charge < -0.3 is 10.1 Å². The van der Waals surface area contributed by atoms with Crippen LogP contribution in [0.5, 0.6) is 5.75 Å². The van der Waals surface area contributed by atoms with E-state index in [2.05, 4.69) is 5.32 Å². The summed E-state index contributed by atoms with van der Waals surface area (Å²) in [6.45, 7) is 0.860. The van der Waals surface area contributed by atoms with Gasteiger partial charge in [-0.25, -0.2) is 8.42 Å². The highest BCUT2D eigenvalue weighted by molar-refractivity contribution is 7.89. The second-order valence-corrected chi connectivity index (χ2v) is 9.98. The molecule has 3 aromatic carbocycles. The van der Waals surface area contributed by atoms with Crippen LogP contribution in [-0.2, 0) is 14.8 Å². The molecule has 1 N–H and O–H groups in total. The van der Waals surface area contributed by atoms with Crippen LogP contribution in [0.15, 0.2) is 83.8 Å². The van der Waals surface area contributed by atoms with Gasteiger partial charge in [0, 0.05) is 29.9 Å². The highest BCUT2D eigenvalue weighted by atomic mass is 32.2. The van der Waals surface area contributed by atoms with E-state index in [1.165, 1.54) is 16.4 Å². The van der Waals surface area contributed by atoms with E-state index in [-0.39, 0.29) is 23.2 Å². The van der Waals surface area contributed by atoms with Crippen LogP contribution in [0.25, 0.3) is 0 Å². The summed E-state index contributed by atoms with van der Waals surface area (Å²) in [5.74, 6) is -0.00514.